The third-order valence-electron chi connectivity index (χ3n) is 3.99. The fraction of sp³-hybridized carbons (Fsp3) is 0.600. The molecule has 1 aromatic heterocycles. The molecule has 0 spiro atoms. The molecule has 2 heterocycles. The van der Waals surface area contributed by atoms with E-state index in [9.17, 15) is 9.59 Å². The Morgan fingerprint density at radius 2 is 1.90 bits per heavy atom. The van der Waals surface area contributed by atoms with E-state index in [1.807, 2.05) is 27.3 Å². The minimum absolute atomic E-state index is 0.188. The molecule has 0 bridgehead atoms. The van der Waals surface area contributed by atoms with Gasteiger partial charge in [-0.05, 0) is 30.7 Å². The third-order valence-corrected chi connectivity index (χ3v) is 4.87. The molecule has 1 saturated carbocycles. The van der Waals surface area contributed by atoms with Crippen LogP contribution in [0.25, 0.3) is 0 Å². The van der Waals surface area contributed by atoms with Gasteiger partial charge >= 0.3 is 0 Å². The van der Waals surface area contributed by atoms with Crippen LogP contribution in [-0.2, 0) is 16.0 Å². The minimum Gasteiger partial charge on any atom is -0.341 e. The Kier molecular flexibility index (Phi) is 4.05. The zero-order valence-electron chi connectivity index (χ0n) is 11.6. The molecule has 0 radical (unpaired) electrons. The number of thiophene rings is 1. The highest BCUT2D eigenvalue weighted by Crippen LogP contribution is 2.31. The minimum atomic E-state index is 0.188. The largest absolute Gasteiger partial charge is 0.341 e. The first-order chi connectivity index (χ1) is 9.74. The monoisotopic (exact) mass is 292 g/mol. The van der Waals surface area contributed by atoms with Gasteiger partial charge in [0, 0.05) is 37.0 Å². The summed E-state index contributed by atoms with van der Waals surface area (Å²) >= 11 is 1.63. The lowest BCUT2D eigenvalue weighted by atomic mass is 10.3. The van der Waals surface area contributed by atoms with E-state index >= 15 is 0 Å². The van der Waals surface area contributed by atoms with E-state index in [-0.39, 0.29) is 11.8 Å². The molecule has 0 unspecified atom stereocenters. The van der Waals surface area contributed by atoms with Crippen LogP contribution in [0.3, 0.4) is 0 Å². The van der Waals surface area contributed by atoms with Crippen LogP contribution in [0.4, 0.5) is 0 Å². The first-order valence-corrected chi connectivity index (χ1v) is 8.21. The fourth-order valence-electron chi connectivity index (χ4n) is 2.65. The standard InChI is InChI=1S/C15H20N2O2S/c18-14(11-13-3-1-10-20-13)16-6-2-7-17(9-8-16)15(19)12-4-5-12/h1,3,10,12H,2,4-9,11H2. The van der Waals surface area contributed by atoms with Crippen LogP contribution in [0, 0.1) is 5.92 Å². The van der Waals surface area contributed by atoms with Gasteiger partial charge in [0.15, 0.2) is 0 Å². The second-order valence-electron chi connectivity index (χ2n) is 5.59. The van der Waals surface area contributed by atoms with Crippen molar-refractivity contribution in [2.75, 3.05) is 26.2 Å². The second kappa shape index (κ2) is 5.95. The normalized spacial score (nSPS) is 19.8. The Labute approximate surface area is 123 Å². The van der Waals surface area contributed by atoms with Crippen LogP contribution in [-0.4, -0.2) is 47.8 Å². The maximum Gasteiger partial charge on any atom is 0.227 e. The molecule has 2 aliphatic rings. The summed E-state index contributed by atoms with van der Waals surface area (Å²) in [6.07, 6.45) is 3.50. The van der Waals surface area contributed by atoms with E-state index in [0.29, 0.717) is 25.4 Å². The van der Waals surface area contributed by atoms with Gasteiger partial charge in [-0.25, -0.2) is 0 Å². The van der Waals surface area contributed by atoms with Crippen molar-refractivity contribution in [2.45, 2.75) is 25.7 Å². The molecule has 1 aliphatic carbocycles. The smallest absolute Gasteiger partial charge is 0.227 e. The van der Waals surface area contributed by atoms with Gasteiger partial charge in [-0.2, -0.15) is 0 Å². The van der Waals surface area contributed by atoms with Gasteiger partial charge < -0.3 is 9.80 Å². The highest BCUT2D eigenvalue weighted by molar-refractivity contribution is 7.10. The van der Waals surface area contributed by atoms with Crippen molar-refractivity contribution in [3.63, 3.8) is 0 Å². The lowest BCUT2D eigenvalue weighted by Crippen LogP contribution is -2.38. The van der Waals surface area contributed by atoms with Crippen LogP contribution in [0.5, 0.6) is 0 Å². The number of hydrogen-bond donors (Lipinski definition) is 0. The van der Waals surface area contributed by atoms with Gasteiger partial charge in [0.1, 0.15) is 0 Å². The summed E-state index contributed by atoms with van der Waals surface area (Å²) < 4.78 is 0. The lowest BCUT2D eigenvalue weighted by Gasteiger charge is -2.22. The van der Waals surface area contributed by atoms with Crippen LogP contribution in [0.2, 0.25) is 0 Å². The average Bonchev–Trinajstić information content (AvgIpc) is 3.22. The number of rotatable bonds is 3. The Balaban J connectivity index is 1.53. The summed E-state index contributed by atoms with van der Waals surface area (Å²) in [5.74, 6) is 0.772. The predicted molar refractivity (Wildman–Crippen MR) is 78.5 cm³/mol. The fourth-order valence-corrected chi connectivity index (χ4v) is 3.35. The molecule has 5 heteroatoms. The predicted octanol–water partition coefficient (Wildman–Crippen LogP) is 1.76. The first-order valence-electron chi connectivity index (χ1n) is 7.33. The van der Waals surface area contributed by atoms with Gasteiger partial charge in [0.25, 0.3) is 0 Å². The van der Waals surface area contributed by atoms with Crippen LogP contribution in [0.15, 0.2) is 17.5 Å². The van der Waals surface area contributed by atoms with Crippen molar-refractivity contribution in [1.29, 1.82) is 0 Å². The summed E-state index contributed by atoms with van der Waals surface area (Å²) in [6, 6.07) is 3.98. The van der Waals surface area contributed by atoms with Gasteiger partial charge in [0.2, 0.25) is 11.8 Å². The Hall–Kier alpha value is -1.36. The SMILES string of the molecule is O=C(Cc1cccs1)N1CCCN(C(=O)C2CC2)CC1. The maximum atomic E-state index is 12.3. The van der Waals surface area contributed by atoms with E-state index in [1.54, 1.807) is 11.3 Å². The molecule has 0 aromatic carbocycles. The van der Waals surface area contributed by atoms with Gasteiger partial charge in [0.05, 0.1) is 6.42 Å². The van der Waals surface area contributed by atoms with Gasteiger partial charge in [-0.3, -0.25) is 9.59 Å². The summed E-state index contributed by atoms with van der Waals surface area (Å²) in [5, 5.41) is 2.00. The Morgan fingerprint density at radius 1 is 1.15 bits per heavy atom. The Bertz CT molecular complexity index is 482. The highest BCUT2D eigenvalue weighted by Gasteiger charge is 2.34. The second-order valence-corrected chi connectivity index (χ2v) is 6.62. The molecule has 1 aliphatic heterocycles. The van der Waals surface area contributed by atoms with Crippen molar-refractivity contribution in [3.8, 4) is 0 Å². The van der Waals surface area contributed by atoms with Crippen molar-refractivity contribution in [3.05, 3.63) is 22.4 Å². The zero-order chi connectivity index (χ0) is 13.9. The van der Waals surface area contributed by atoms with Crippen LogP contribution < -0.4 is 0 Å². The van der Waals surface area contributed by atoms with E-state index in [2.05, 4.69) is 0 Å². The lowest BCUT2D eigenvalue weighted by molar-refractivity contribution is -0.134. The molecule has 4 nitrogen and oxygen atoms in total. The van der Waals surface area contributed by atoms with Crippen LogP contribution >= 0.6 is 11.3 Å². The van der Waals surface area contributed by atoms with Gasteiger partial charge in [-0.1, -0.05) is 6.07 Å². The van der Waals surface area contributed by atoms with Gasteiger partial charge in [-0.15, -0.1) is 11.3 Å². The van der Waals surface area contributed by atoms with E-state index in [4.69, 9.17) is 0 Å². The molecule has 0 N–H and O–H groups in total. The molecule has 2 amide bonds. The van der Waals surface area contributed by atoms with E-state index in [0.717, 1.165) is 37.2 Å². The molecule has 2 fully saturated rings. The maximum absolute atomic E-state index is 12.3. The zero-order valence-corrected chi connectivity index (χ0v) is 12.4. The van der Waals surface area contributed by atoms with Crippen LogP contribution in [0.1, 0.15) is 24.1 Å². The molecule has 0 atom stereocenters. The van der Waals surface area contributed by atoms with E-state index in [1.165, 1.54) is 0 Å². The van der Waals surface area contributed by atoms with E-state index < -0.39 is 0 Å². The third kappa shape index (κ3) is 3.20. The number of hydrogen-bond acceptors (Lipinski definition) is 3. The van der Waals surface area contributed by atoms with Crippen molar-refractivity contribution in [1.82, 2.24) is 9.80 Å². The Morgan fingerprint density at radius 3 is 2.60 bits per heavy atom. The summed E-state index contributed by atoms with van der Waals surface area (Å²) in [4.78, 5) is 29.3. The number of amides is 2. The summed E-state index contributed by atoms with van der Waals surface area (Å²) in [6.45, 7) is 2.96. The molecule has 1 saturated heterocycles. The average molecular weight is 292 g/mol. The molecule has 108 valence electrons. The molecular formula is C15H20N2O2S. The number of nitrogens with zero attached hydrogens (tertiary/aromatic N) is 2. The summed E-state index contributed by atoms with van der Waals surface area (Å²) in [5.41, 5.74) is 0. The molecule has 1 aromatic rings. The topological polar surface area (TPSA) is 40.6 Å². The molecular weight excluding hydrogens is 272 g/mol. The highest BCUT2D eigenvalue weighted by atomic mass is 32.1. The summed E-state index contributed by atoms with van der Waals surface area (Å²) in [7, 11) is 0. The first kappa shape index (κ1) is 13.6. The quantitative estimate of drug-likeness (QED) is 0.852. The number of carbonyl (C=O) groups excluding carboxylic acids is 2. The van der Waals surface area contributed by atoms with Crippen molar-refractivity contribution >= 4 is 23.2 Å². The van der Waals surface area contributed by atoms with Crippen molar-refractivity contribution in [2.24, 2.45) is 5.92 Å². The van der Waals surface area contributed by atoms with Crippen molar-refractivity contribution < 1.29 is 9.59 Å². The number of carbonyl (C=O) groups is 2. The molecule has 3 rings (SSSR count). The molecule has 20 heavy (non-hydrogen) atoms.